The highest BCUT2D eigenvalue weighted by atomic mass is 32.2. The number of carbonyl (C=O) groups is 1. The van der Waals surface area contributed by atoms with Crippen molar-refractivity contribution >= 4 is 29.0 Å². The van der Waals surface area contributed by atoms with Gasteiger partial charge in [-0.2, -0.15) is 4.99 Å². The van der Waals surface area contributed by atoms with Crippen LogP contribution in [0.1, 0.15) is 42.6 Å². The molecule has 0 aliphatic heterocycles. The normalized spacial score (nSPS) is 14.6. The third-order valence-corrected chi connectivity index (χ3v) is 6.43. The maximum atomic E-state index is 12.4. The lowest BCUT2D eigenvalue weighted by Crippen LogP contribution is -2.17. The first-order valence-corrected chi connectivity index (χ1v) is 11.3. The molecule has 2 aromatic heterocycles. The summed E-state index contributed by atoms with van der Waals surface area (Å²) in [6.45, 7) is 5.70. The van der Waals surface area contributed by atoms with Crippen LogP contribution in [0.15, 0.2) is 46.0 Å². The van der Waals surface area contributed by atoms with Crippen molar-refractivity contribution in [3.63, 3.8) is 0 Å². The maximum Gasteiger partial charge on any atom is 0.258 e. The average molecular weight is 414 g/mol. The molecular weight excluding hydrogens is 390 g/mol. The van der Waals surface area contributed by atoms with Crippen LogP contribution in [-0.2, 0) is 17.9 Å². The van der Waals surface area contributed by atoms with Gasteiger partial charge in [-0.25, -0.2) is 0 Å². The van der Waals surface area contributed by atoms with Gasteiger partial charge in [0.25, 0.3) is 5.91 Å². The van der Waals surface area contributed by atoms with Gasteiger partial charge in [-0.1, -0.05) is 41.6 Å². The molecule has 0 saturated heterocycles. The Morgan fingerprint density at radius 2 is 2.07 bits per heavy atom. The number of carbonyl (C=O) groups excluding carboxylic acids is 1. The molecule has 146 valence electrons. The molecular formula is C20H23N5OS2. The van der Waals surface area contributed by atoms with Crippen molar-refractivity contribution < 1.29 is 4.79 Å². The second-order valence-electron chi connectivity index (χ2n) is 6.95. The van der Waals surface area contributed by atoms with E-state index in [4.69, 9.17) is 0 Å². The Kier molecular flexibility index (Phi) is 5.77. The highest BCUT2D eigenvalue weighted by Gasteiger charge is 2.30. The van der Waals surface area contributed by atoms with Gasteiger partial charge in [-0.15, -0.1) is 21.5 Å². The molecule has 2 heterocycles. The summed E-state index contributed by atoms with van der Waals surface area (Å²) < 4.78 is 4.13. The lowest BCUT2D eigenvalue weighted by atomic mass is 10.1. The predicted molar refractivity (Wildman–Crippen MR) is 112 cm³/mol. The first kappa shape index (κ1) is 19.1. The summed E-state index contributed by atoms with van der Waals surface area (Å²) in [7, 11) is 0. The van der Waals surface area contributed by atoms with E-state index in [-0.39, 0.29) is 11.7 Å². The van der Waals surface area contributed by atoms with E-state index in [1.165, 1.54) is 47.1 Å². The van der Waals surface area contributed by atoms with E-state index in [0.717, 1.165) is 22.3 Å². The number of aryl methyl sites for hydroxylation is 1. The van der Waals surface area contributed by atoms with Gasteiger partial charge >= 0.3 is 0 Å². The van der Waals surface area contributed by atoms with E-state index in [0.29, 0.717) is 12.5 Å². The number of hydrogen-bond acceptors (Lipinski definition) is 5. The van der Waals surface area contributed by atoms with Gasteiger partial charge in [0.15, 0.2) is 9.96 Å². The van der Waals surface area contributed by atoms with Crippen molar-refractivity contribution in [3.8, 4) is 0 Å². The van der Waals surface area contributed by atoms with Gasteiger partial charge in [-0.05, 0) is 32.3 Å². The average Bonchev–Trinajstić information content (AvgIpc) is 3.32. The Hall–Kier alpha value is -2.19. The van der Waals surface area contributed by atoms with Gasteiger partial charge in [0.1, 0.15) is 5.82 Å². The smallest absolute Gasteiger partial charge is 0.258 e. The zero-order chi connectivity index (χ0) is 19.5. The highest BCUT2D eigenvalue weighted by molar-refractivity contribution is 7.99. The fraction of sp³-hybridized carbons (Fsp3) is 0.400. The van der Waals surface area contributed by atoms with Crippen LogP contribution < -0.4 is 4.80 Å². The van der Waals surface area contributed by atoms with Crippen LogP contribution in [0.25, 0.3) is 0 Å². The molecule has 4 rings (SSSR count). The first-order chi connectivity index (χ1) is 13.6. The number of aromatic nitrogens is 4. The van der Waals surface area contributed by atoms with E-state index >= 15 is 0 Å². The van der Waals surface area contributed by atoms with Gasteiger partial charge < -0.3 is 9.13 Å². The van der Waals surface area contributed by atoms with Crippen LogP contribution in [0, 0.1) is 6.92 Å². The third-order valence-electron chi connectivity index (χ3n) is 4.68. The van der Waals surface area contributed by atoms with Gasteiger partial charge in [-0.3, -0.25) is 4.79 Å². The van der Waals surface area contributed by atoms with Crippen molar-refractivity contribution in [2.75, 3.05) is 5.75 Å². The second-order valence-corrected chi connectivity index (χ2v) is 8.77. The Balaban J connectivity index is 1.43. The highest BCUT2D eigenvalue weighted by Crippen LogP contribution is 2.39. The number of hydrogen-bond donors (Lipinski definition) is 0. The van der Waals surface area contributed by atoms with Crippen LogP contribution in [0.5, 0.6) is 0 Å². The van der Waals surface area contributed by atoms with Crippen LogP contribution in [0.2, 0.25) is 0 Å². The predicted octanol–water partition coefficient (Wildman–Crippen LogP) is 3.61. The van der Waals surface area contributed by atoms with E-state index in [2.05, 4.69) is 57.9 Å². The molecule has 1 fully saturated rings. The number of benzene rings is 1. The molecule has 0 N–H and O–H groups in total. The van der Waals surface area contributed by atoms with Crippen molar-refractivity contribution in [1.82, 2.24) is 19.3 Å². The van der Waals surface area contributed by atoms with Gasteiger partial charge in [0, 0.05) is 30.6 Å². The van der Waals surface area contributed by atoms with Crippen LogP contribution >= 0.6 is 23.1 Å². The molecule has 1 saturated carbocycles. The van der Waals surface area contributed by atoms with Crippen molar-refractivity contribution in [3.05, 3.63) is 57.6 Å². The SMILES string of the molecule is CCn1c(SCC(=O)N=c2sccn2Cc2ccc(C)cc2)nnc1C1CC1. The molecule has 0 bridgehead atoms. The van der Waals surface area contributed by atoms with Crippen molar-refractivity contribution in [2.24, 2.45) is 4.99 Å². The molecule has 6 nitrogen and oxygen atoms in total. The monoisotopic (exact) mass is 413 g/mol. The number of amides is 1. The Bertz CT molecular complexity index is 1030. The number of thioether (sulfide) groups is 1. The molecule has 0 atom stereocenters. The molecule has 1 aliphatic carbocycles. The quantitative estimate of drug-likeness (QED) is 0.555. The minimum atomic E-state index is -0.149. The van der Waals surface area contributed by atoms with Crippen molar-refractivity contribution in [1.29, 1.82) is 0 Å². The number of nitrogens with zero attached hydrogens (tertiary/aromatic N) is 5. The summed E-state index contributed by atoms with van der Waals surface area (Å²) in [5, 5.41) is 11.4. The van der Waals surface area contributed by atoms with Gasteiger partial charge in [0.2, 0.25) is 0 Å². The summed E-state index contributed by atoms with van der Waals surface area (Å²) >= 11 is 2.90. The number of rotatable bonds is 7. The molecule has 0 radical (unpaired) electrons. The van der Waals surface area contributed by atoms with E-state index in [1.807, 2.05) is 16.1 Å². The maximum absolute atomic E-state index is 12.4. The summed E-state index contributed by atoms with van der Waals surface area (Å²) in [4.78, 5) is 17.5. The van der Waals surface area contributed by atoms with E-state index in [9.17, 15) is 4.79 Å². The summed E-state index contributed by atoms with van der Waals surface area (Å²) in [5.41, 5.74) is 2.43. The summed E-state index contributed by atoms with van der Waals surface area (Å²) in [6.07, 6.45) is 4.35. The largest absolute Gasteiger partial charge is 0.319 e. The summed E-state index contributed by atoms with van der Waals surface area (Å²) in [6, 6.07) is 8.41. The molecule has 0 spiro atoms. The Morgan fingerprint density at radius 3 is 2.79 bits per heavy atom. The zero-order valence-electron chi connectivity index (χ0n) is 16.0. The second kappa shape index (κ2) is 8.45. The molecule has 0 unspecified atom stereocenters. The lowest BCUT2D eigenvalue weighted by Gasteiger charge is -2.05. The van der Waals surface area contributed by atoms with Crippen LogP contribution in [-0.4, -0.2) is 31.0 Å². The minimum absolute atomic E-state index is 0.149. The first-order valence-electron chi connectivity index (χ1n) is 9.47. The molecule has 3 aromatic rings. The molecule has 1 aromatic carbocycles. The standard InChI is InChI=1S/C20H23N5OS2/c1-3-25-18(16-8-9-16)22-23-20(25)28-13-17(26)21-19-24(10-11-27-19)12-15-6-4-14(2)5-7-15/h4-7,10-11,16H,3,8-9,12-13H2,1-2H3. The van der Waals surface area contributed by atoms with Crippen LogP contribution in [0.4, 0.5) is 0 Å². The molecule has 1 aliphatic rings. The Labute approximate surface area is 172 Å². The molecule has 8 heteroatoms. The number of thiazole rings is 1. The van der Waals surface area contributed by atoms with E-state index in [1.54, 1.807) is 0 Å². The fourth-order valence-corrected chi connectivity index (χ4v) is 4.55. The minimum Gasteiger partial charge on any atom is -0.319 e. The lowest BCUT2D eigenvalue weighted by molar-refractivity contribution is -0.115. The fourth-order valence-electron chi connectivity index (χ4n) is 3.01. The third kappa shape index (κ3) is 4.44. The van der Waals surface area contributed by atoms with E-state index < -0.39 is 0 Å². The Morgan fingerprint density at radius 1 is 1.29 bits per heavy atom. The van der Waals surface area contributed by atoms with Crippen molar-refractivity contribution in [2.45, 2.75) is 50.9 Å². The molecule has 1 amide bonds. The topological polar surface area (TPSA) is 65.1 Å². The zero-order valence-corrected chi connectivity index (χ0v) is 17.7. The van der Waals surface area contributed by atoms with Gasteiger partial charge in [0.05, 0.1) is 5.75 Å². The molecule has 28 heavy (non-hydrogen) atoms. The van der Waals surface area contributed by atoms with Crippen LogP contribution in [0.3, 0.4) is 0 Å². The summed E-state index contributed by atoms with van der Waals surface area (Å²) in [5.74, 6) is 1.73.